The predicted molar refractivity (Wildman–Crippen MR) is 139 cm³/mol. The lowest BCUT2D eigenvalue weighted by Crippen LogP contribution is -2.17. The van der Waals surface area contributed by atoms with Crippen LogP contribution in [0, 0.1) is 0 Å². The van der Waals surface area contributed by atoms with E-state index < -0.39 is 12.6 Å². The van der Waals surface area contributed by atoms with Crippen LogP contribution in [-0.2, 0) is 0 Å². The third-order valence-electron chi connectivity index (χ3n) is 5.32. The van der Waals surface area contributed by atoms with Gasteiger partial charge in [0, 0.05) is 42.0 Å². The lowest BCUT2D eigenvalue weighted by atomic mass is 9.87. The van der Waals surface area contributed by atoms with Crippen LogP contribution in [0.25, 0.3) is 0 Å². The van der Waals surface area contributed by atoms with Crippen molar-refractivity contribution in [1.82, 2.24) is 0 Å². The van der Waals surface area contributed by atoms with Gasteiger partial charge >= 0.3 is 0 Å². The molecule has 192 valence electrons. The molecule has 2 rings (SSSR count). The molecule has 6 heteroatoms. The molecule has 0 aliphatic carbocycles. The number of aliphatic hydroxyl groups is 2. The standard InChI is InChI=1S/C29H40O6/c1-8-23(24-13-11-21(32-17-19(4)5)15-26(24)34-28(30)9-2)25-14-12-22(33-18-20(6)7)16-27(25)35-29(31)10-3/h11-16,23,28-31H,4,6,8-10,17-18H2,1-3,5,7H3. The van der Waals surface area contributed by atoms with Gasteiger partial charge in [0.25, 0.3) is 0 Å². The molecule has 0 spiro atoms. The van der Waals surface area contributed by atoms with Gasteiger partial charge in [-0.2, -0.15) is 0 Å². The highest BCUT2D eigenvalue weighted by Gasteiger charge is 2.24. The van der Waals surface area contributed by atoms with Gasteiger partial charge in [0.05, 0.1) is 0 Å². The van der Waals surface area contributed by atoms with Gasteiger partial charge in [0.1, 0.15) is 36.2 Å². The molecule has 2 aromatic rings. The Morgan fingerprint density at radius 3 is 1.43 bits per heavy atom. The maximum absolute atomic E-state index is 10.3. The van der Waals surface area contributed by atoms with Crippen molar-refractivity contribution in [2.75, 3.05) is 13.2 Å². The number of hydrogen-bond acceptors (Lipinski definition) is 6. The second-order valence-electron chi connectivity index (χ2n) is 8.81. The van der Waals surface area contributed by atoms with E-state index in [0.717, 1.165) is 28.7 Å². The van der Waals surface area contributed by atoms with E-state index in [1.807, 2.05) is 52.0 Å². The van der Waals surface area contributed by atoms with Crippen molar-refractivity contribution in [2.24, 2.45) is 0 Å². The largest absolute Gasteiger partial charge is 0.489 e. The molecule has 0 heterocycles. The molecule has 0 saturated heterocycles. The first kappa shape index (κ1) is 28.3. The lowest BCUT2D eigenvalue weighted by molar-refractivity contribution is -0.0205. The highest BCUT2D eigenvalue weighted by atomic mass is 16.6. The van der Waals surface area contributed by atoms with Crippen molar-refractivity contribution >= 4 is 0 Å². The van der Waals surface area contributed by atoms with E-state index in [2.05, 4.69) is 20.1 Å². The van der Waals surface area contributed by atoms with E-state index in [1.165, 1.54) is 0 Å². The molecule has 0 amide bonds. The monoisotopic (exact) mass is 484 g/mol. The summed E-state index contributed by atoms with van der Waals surface area (Å²) in [5, 5.41) is 20.5. The summed E-state index contributed by atoms with van der Waals surface area (Å²) in [7, 11) is 0. The number of benzene rings is 2. The maximum Gasteiger partial charge on any atom is 0.197 e. The fourth-order valence-corrected chi connectivity index (χ4v) is 3.47. The van der Waals surface area contributed by atoms with Crippen LogP contribution in [0.1, 0.15) is 70.9 Å². The molecule has 0 aliphatic rings. The van der Waals surface area contributed by atoms with E-state index in [9.17, 15) is 10.2 Å². The summed E-state index contributed by atoms with van der Waals surface area (Å²) in [6.45, 7) is 18.1. The summed E-state index contributed by atoms with van der Waals surface area (Å²) >= 11 is 0. The van der Waals surface area contributed by atoms with Crippen molar-refractivity contribution in [3.8, 4) is 23.0 Å². The molecule has 0 saturated carbocycles. The fourth-order valence-electron chi connectivity index (χ4n) is 3.47. The average molecular weight is 485 g/mol. The summed E-state index contributed by atoms with van der Waals surface area (Å²) in [6, 6.07) is 11.3. The Kier molecular flexibility index (Phi) is 11.2. The molecule has 2 atom stereocenters. The number of rotatable bonds is 15. The van der Waals surface area contributed by atoms with Crippen LogP contribution in [0.15, 0.2) is 60.7 Å². The van der Waals surface area contributed by atoms with E-state index in [1.54, 1.807) is 12.1 Å². The number of hydrogen-bond donors (Lipinski definition) is 2. The van der Waals surface area contributed by atoms with Crippen LogP contribution < -0.4 is 18.9 Å². The highest BCUT2D eigenvalue weighted by Crippen LogP contribution is 2.42. The molecule has 0 radical (unpaired) electrons. The fraction of sp³-hybridized carbons (Fsp3) is 0.448. The summed E-state index contributed by atoms with van der Waals surface area (Å²) in [6.07, 6.45) is -0.274. The first-order valence-corrected chi connectivity index (χ1v) is 12.2. The zero-order valence-corrected chi connectivity index (χ0v) is 21.7. The Morgan fingerprint density at radius 2 is 1.11 bits per heavy atom. The van der Waals surface area contributed by atoms with E-state index in [-0.39, 0.29) is 5.92 Å². The lowest BCUT2D eigenvalue weighted by Gasteiger charge is -2.25. The summed E-state index contributed by atoms with van der Waals surface area (Å²) < 4.78 is 23.4. The Labute approximate surface area is 209 Å². The third-order valence-corrected chi connectivity index (χ3v) is 5.32. The van der Waals surface area contributed by atoms with Crippen LogP contribution in [-0.4, -0.2) is 36.0 Å². The van der Waals surface area contributed by atoms with Gasteiger partial charge in [-0.3, -0.25) is 0 Å². The molecule has 0 fully saturated rings. The van der Waals surface area contributed by atoms with Crippen molar-refractivity contribution in [3.63, 3.8) is 0 Å². The van der Waals surface area contributed by atoms with Crippen molar-refractivity contribution < 1.29 is 29.2 Å². The smallest absolute Gasteiger partial charge is 0.197 e. The third kappa shape index (κ3) is 8.64. The predicted octanol–water partition coefficient (Wildman–Crippen LogP) is 6.35. The second kappa shape index (κ2) is 13.8. The quantitative estimate of drug-likeness (QED) is 0.226. The second-order valence-corrected chi connectivity index (χ2v) is 8.81. The Hall–Kier alpha value is -2.96. The summed E-state index contributed by atoms with van der Waals surface area (Å²) in [4.78, 5) is 0. The highest BCUT2D eigenvalue weighted by molar-refractivity contribution is 5.51. The minimum atomic E-state index is -0.946. The van der Waals surface area contributed by atoms with Crippen LogP contribution in [0.3, 0.4) is 0 Å². The molecule has 0 bridgehead atoms. The average Bonchev–Trinajstić information content (AvgIpc) is 2.83. The first-order valence-electron chi connectivity index (χ1n) is 12.2. The first-order chi connectivity index (χ1) is 16.7. The van der Waals surface area contributed by atoms with Gasteiger partial charge in [0.15, 0.2) is 12.6 Å². The van der Waals surface area contributed by atoms with Gasteiger partial charge in [-0.15, -0.1) is 0 Å². The normalized spacial score (nSPS) is 13.5. The SMILES string of the molecule is C=C(C)COc1ccc(C(CC)c2ccc(OCC(=C)C)cc2OC(O)CC)c(OC(O)CC)c1. The van der Waals surface area contributed by atoms with Crippen LogP contribution >= 0.6 is 0 Å². The number of aliphatic hydroxyl groups excluding tert-OH is 2. The molecule has 2 N–H and O–H groups in total. The van der Waals surface area contributed by atoms with Crippen molar-refractivity contribution in [3.05, 3.63) is 71.8 Å². The van der Waals surface area contributed by atoms with Crippen LogP contribution in [0.4, 0.5) is 0 Å². The Morgan fingerprint density at radius 1 is 0.714 bits per heavy atom. The molecular weight excluding hydrogens is 444 g/mol. The Balaban J connectivity index is 2.53. The topological polar surface area (TPSA) is 77.4 Å². The molecule has 35 heavy (non-hydrogen) atoms. The van der Waals surface area contributed by atoms with E-state index >= 15 is 0 Å². The molecule has 2 aromatic carbocycles. The van der Waals surface area contributed by atoms with Crippen LogP contribution in [0.5, 0.6) is 23.0 Å². The van der Waals surface area contributed by atoms with E-state index in [4.69, 9.17) is 18.9 Å². The minimum Gasteiger partial charge on any atom is -0.489 e. The van der Waals surface area contributed by atoms with Gasteiger partial charge in [-0.1, -0.05) is 46.1 Å². The molecule has 0 aromatic heterocycles. The van der Waals surface area contributed by atoms with Crippen LogP contribution in [0.2, 0.25) is 0 Å². The summed E-state index contributed by atoms with van der Waals surface area (Å²) in [5.74, 6) is 2.21. The zero-order valence-electron chi connectivity index (χ0n) is 21.7. The summed E-state index contributed by atoms with van der Waals surface area (Å²) in [5.41, 5.74) is 3.58. The van der Waals surface area contributed by atoms with E-state index in [0.29, 0.717) is 49.1 Å². The van der Waals surface area contributed by atoms with Crippen molar-refractivity contribution in [1.29, 1.82) is 0 Å². The van der Waals surface area contributed by atoms with Gasteiger partial charge < -0.3 is 29.2 Å². The zero-order chi connectivity index (χ0) is 26.0. The molecule has 0 aliphatic heterocycles. The Bertz CT molecular complexity index is 906. The minimum absolute atomic E-state index is 0.126. The maximum atomic E-state index is 10.3. The van der Waals surface area contributed by atoms with Crippen molar-refractivity contribution in [2.45, 2.75) is 72.4 Å². The van der Waals surface area contributed by atoms with Gasteiger partial charge in [-0.05, 0) is 43.5 Å². The van der Waals surface area contributed by atoms with Gasteiger partial charge in [-0.25, -0.2) is 0 Å². The van der Waals surface area contributed by atoms with Gasteiger partial charge in [0.2, 0.25) is 0 Å². The molecule has 6 nitrogen and oxygen atoms in total. The molecular formula is C29H40O6. The number of ether oxygens (including phenoxy) is 4. The molecule has 2 unspecified atom stereocenters.